The van der Waals surface area contributed by atoms with Gasteiger partial charge in [0.2, 0.25) is 0 Å². The second-order valence-electron chi connectivity index (χ2n) is 11.7. The second-order valence-corrected chi connectivity index (χ2v) is 14.7. The maximum Gasteiger partial charge on any atom is 0.271 e. The van der Waals surface area contributed by atoms with Gasteiger partial charge in [-0.15, -0.1) is 0 Å². The van der Waals surface area contributed by atoms with Crippen molar-refractivity contribution in [1.29, 1.82) is 0 Å². The van der Waals surface area contributed by atoms with Crippen LogP contribution in [-0.2, 0) is 11.4 Å². The zero-order chi connectivity index (χ0) is 35.7. The number of rotatable bonds is 9. The molecule has 2 heterocycles. The van der Waals surface area contributed by atoms with E-state index >= 15 is 0 Å². The lowest BCUT2D eigenvalue weighted by Gasteiger charge is -2.25. The fourth-order valence-corrected chi connectivity index (χ4v) is 7.90. The molecule has 0 spiro atoms. The van der Waals surface area contributed by atoms with Crippen LogP contribution in [0.15, 0.2) is 93.9 Å². The van der Waals surface area contributed by atoms with Gasteiger partial charge in [0.15, 0.2) is 16.3 Å². The summed E-state index contributed by atoms with van der Waals surface area (Å²) in [6.07, 6.45) is 1.80. The number of aryl methyl sites for hydroxylation is 2. The number of thiazole rings is 1. The summed E-state index contributed by atoms with van der Waals surface area (Å²) in [7, 11) is 3.16. The topological polar surface area (TPSA) is 91.2 Å². The number of fused-ring (bicyclic) bond motifs is 1. The molecular formula is C38H32Cl2IN3O5S. The van der Waals surface area contributed by atoms with Crippen LogP contribution in [-0.4, -0.2) is 24.7 Å². The van der Waals surface area contributed by atoms with E-state index in [1.165, 1.54) is 11.3 Å². The van der Waals surface area contributed by atoms with E-state index in [1.807, 2.05) is 74.5 Å². The largest absolute Gasteiger partial charge is 0.497 e. The number of nitrogens with one attached hydrogen (secondary N) is 1. The molecule has 1 N–H and O–H groups in total. The monoisotopic (exact) mass is 839 g/mol. The van der Waals surface area contributed by atoms with E-state index in [4.69, 9.17) is 42.4 Å². The van der Waals surface area contributed by atoms with Gasteiger partial charge in [-0.25, -0.2) is 4.99 Å². The average molecular weight is 841 g/mol. The molecule has 1 aliphatic heterocycles. The van der Waals surface area contributed by atoms with E-state index in [2.05, 4.69) is 27.9 Å². The minimum absolute atomic E-state index is 0.255. The Balaban J connectivity index is 1.40. The first-order chi connectivity index (χ1) is 24.0. The van der Waals surface area contributed by atoms with Gasteiger partial charge in [-0.1, -0.05) is 70.4 Å². The highest BCUT2D eigenvalue weighted by Gasteiger charge is 2.33. The van der Waals surface area contributed by atoms with Crippen LogP contribution in [0.1, 0.15) is 40.8 Å². The highest BCUT2D eigenvalue weighted by atomic mass is 127. The number of carbonyl (C=O) groups is 1. The van der Waals surface area contributed by atoms with Crippen LogP contribution >= 0.6 is 57.1 Å². The van der Waals surface area contributed by atoms with Crippen molar-refractivity contribution in [2.24, 2.45) is 4.99 Å². The number of halogens is 3. The molecule has 1 aromatic heterocycles. The van der Waals surface area contributed by atoms with Gasteiger partial charge < -0.3 is 19.5 Å². The third-order valence-electron chi connectivity index (χ3n) is 8.24. The molecular weight excluding hydrogens is 808 g/mol. The molecule has 4 aromatic carbocycles. The predicted octanol–water partition coefficient (Wildman–Crippen LogP) is 8.00. The lowest BCUT2D eigenvalue weighted by atomic mass is 9.95. The minimum Gasteiger partial charge on any atom is -0.497 e. The molecule has 0 fully saturated rings. The number of aromatic nitrogens is 1. The van der Waals surface area contributed by atoms with Gasteiger partial charge in [-0.3, -0.25) is 14.2 Å². The lowest BCUT2D eigenvalue weighted by Crippen LogP contribution is -2.40. The van der Waals surface area contributed by atoms with E-state index in [0.717, 1.165) is 31.4 Å². The molecule has 1 amide bonds. The number of hydrogen-bond donors (Lipinski definition) is 1. The molecule has 0 radical (unpaired) electrons. The molecule has 256 valence electrons. The minimum atomic E-state index is -0.725. The number of hydrogen-bond acceptors (Lipinski definition) is 7. The maximum atomic E-state index is 14.3. The van der Waals surface area contributed by atoms with Gasteiger partial charge >= 0.3 is 0 Å². The summed E-state index contributed by atoms with van der Waals surface area (Å²) in [6.45, 7) is 6.01. The smallest absolute Gasteiger partial charge is 0.271 e. The SMILES string of the molecule is COc1ccc([C@@H]2C(C(=O)Nc3ccc(C)cc3C)=C(C)N=c3s/c(=C/c4cc(I)c(OCc5ccc(Cl)c(Cl)c5)c(OC)c4)c(=O)n32)cc1. The van der Waals surface area contributed by atoms with Crippen LogP contribution in [0.2, 0.25) is 10.0 Å². The van der Waals surface area contributed by atoms with Crippen molar-refractivity contribution in [2.45, 2.75) is 33.4 Å². The van der Waals surface area contributed by atoms with Crippen molar-refractivity contribution in [3.05, 3.63) is 145 Å². The molecule has 12 heteroatoms. The number of anilines is 1. The number of benzene rings is 4. The summed E-state index contributed by atoms with van der Waals surface area (Å²) in [5, 5.41) is 3.99. The fourth-order valence-electron chi connectivity index (χ4n) is 5.76. The first-order valence-electron chi connectivity index (χ1n) is 15.5. The molecule has 0 unspecified atom stereocenters. The molecule has 5 aromatic rings. The summed E-state index contributed by atoms with van der Waals surface area (Å²) < 4.78 is 20.1. The van der Waals surface area contributed by atoms with Crippen LogP contribution < -0.4 is 34.4 Å². The van der Waals surface area contributed by atoms with Gasteiger partial charge in [-0.2, -0.15) is 0 Å². The maximum absolute atomic E-state index is 14.3. The van der Waals surface area contributed by atoms with Crippen LogP contribution in [0.4, 0.5) is 5.69 Å². The number of nitrogens with zero attached hydrogens (tertiary/aromatic N) is 2. The highest BCUT2D eigenvalue weighted by Crippen LogP contribution is 2.36. The third kappa shape index (κ3) is 7.34. The van der Waals surface area contributed by atoms with Gasteiger partial charge in [0.05, 0.1) is 49.7 Å². The number of allylic oxidation sites excluding steroid dienone is 1. The zero-order valence-electron chi connectivity index (χ0n) is 27.8. The summed E-state index contributed by atoms with van der Waals surface area (Å²) in [6, 6.07) is 21.6. The van der Waals surface area contributed by atoms with Crippen LogP contribution in [0.25, 0.3) is 6.08 Å². The fraction of sp³-hybridized carbons (Fsp3) is 0.184. The normalized spacial score (nSPS) is 14.2. The second kappa shape index (κ2) is 15.0. The molecule has 6 rings (SSSR count). The summed E-state index contributed by atoms with van der Waals surface area (Å²) in [5.74, 6) is 1.40. The summed E-state index contributed by atoms with van der Waals surface area (Å²) in [5.41, 5.74) is 5.71. The number of amides is 1. The molecule has 50 heavy (non-hydrogen) atoms. The first-order valence-corrected chi connectivity index (χ1v) is 18.1. The quantitative estimate of drug-likeness (QED) is 0.152. The molecule has 0 saturated carbocycles. The Bertz CT molecular complexity index is 2350. The van der Waals surface area contributed by atoms with E-state index < -0.39 is 6.04 Å². The predicted molar refractivity (Wildman–Crippen MR) is 208 cm³/mol. The van der Waals surface area contributed by atoms with E-state index in [1.54, 1.807) is 43.9 Å². The van der Waals surface area contributed by atoms with Crippen molar-refractivity contribution >= 4 is 74.8 Å². The van der Waals surface area contributed by atoms with Crippen molar-refractivity contribution in [1.82, 2.24) is 4.57 Å². The Hall–Kier alpha value is -4.10. The molecule has 1 atom stereocenters. The standard InChI is InChI=1S/C38H32Cl2IN3O5S/c1-20-6-13-30(21(2)14-20)43-36(45)33-22(3)42-38-44(34(33)25-8-10-26(47-4)11-9-25)37(46)32(50-38)18-24-16-29(41)35(31(17-24)48-5)49-19-23-7-12-27(39)28(40)15-23/h6-18,34H,19H2,1-5H3,(H,43,45)/b32-18+/t34-/m1/s1. The molecule has 1 aliphatic rings. The first kappa shape index (κ1) is 35.7. The van der Waals surface area contributed by atoms with Crippen molar-refractivity contribution in [2.75, 3.05) is 19.5 Å². The van der Waals surface area contributed by atoms with Gasteiger partial charge in [-0.05, 0) is 114 Å². The summed E-state index contributed by atoms with van der Waals surface area (Å²) in [4.78, 5) is 33.6. The molecule has 0 aliphatic carbocycles. The third-order valence-corrected chi connectivity index (χ3v) is 10.8. The van der Waals surface area contributed by atoms with Crippen molar-refractivity contribution in [3.63, 3.8) is 0 Å². The number of ether oxygens (including phenoxy) is 3. The van der Waals surface area contributed by atoms with Gasteiger partial charge in [0.25, 0.3) is 11.5 Å². The zero-order valence-corrected chi connectivity index (χ0v) is 32.3. The van der Waals surface area contributed by atoms with Gasteiger partial charge in [0.1, 0.15) is 12.4 Å². The van der Waals surface area contributed by atoms with E-state index in [9.17, 15) is 9.59 Å². The number of methoxy groups -OCH3 is 2. The van der Waals surface area contributed by atoms with Crippen molar-refractivity contribution < 1.29 is 19.0 Å². The molecule has 0 saturated heterocycles. The Labute approximate surface area is 316 Å². The summed E-state index contributed by atoms with van der Waals surface area (Å²) >= 11 is 15.7. The van der Waals surface area contributed by atoms with Crippen LogP contribution in [0.3, 0.4) is 0 Å². The highest BCUT2D eigenvalue weighted by molar-refractivity contribution is 14.1. The molecule has 8 nitrogen and oxygen atoms in total. The average Bonchev–Trinajstić information content (AvgIpc) is 3.39. The Morgan fingerprint density at radius 2 is 1.74 bits per heavy atom. The Morgan fingerprint density at radius 3 is 2.42 bits per heavy atom. The molecule has 0 bridgehead atoms. The van der Waals surface area contributed by atoms with E-state index in [0.29, 0.717) is 53.6 Å². The number of carbonyl (C=O) groups excluding carboxylic acids is 1. The van der Waals surface area contributed by atoms with E-state index in [-0.39, 0.29) is 18.1 Å². The Morgan fingerprint density at radius 1 is 0.980 bits per heavy atom. The Kier molecular flexibility index (Phi) is 10.7. The lowest BCUT2D eigenvalue weighted by molar-refractivity contribution is -0.113. The van der Waals surface area contributed by atoms with Crippen molar-refractivity contribution in [3.8, 4) is 17.2 Å². The van der Waals surface area contributed by atoms with Crippen LogP contribution in [0, 0.1) is 17.4 Å². The van der Waals surface area contributed by atoms with Crippen LogP contribution in [0.5, 0.6) is 17.2 Å². The van der Waals surface area contributed by atoms with Gasteiger partial charge in [0, 0.05) is 5.69 Å².